The van der Waals surface area contributed by atoms with Gasteiger partial charge in [-0.1, -0.05) is 6.92 Å². The maximum Gasteiger partial charge on any atom is 0.0674 e. The molecule has 1 fully saturated rings. The van der Waals surface area contributed by atoms with Crippen molar-refractivity contribution in [2.24, 2.45) is 5.73 Å². The van der Waals surface area contributed by atoms with Gasteiger partial charge in [0.25, 0.3) is 0 Å². The van der Waals surface area contributed by atoms with E-state index in [1.807, 2.05) is 12.4 Å². The fourth-order valence-electron chi connectivity index (χ4n) is 2.61. The lowest BCUT2D eigenvalue weighted by molar-refractivity contribution is -0.0386. The van der Waals surface area contributed by atoms with Gasteiger partial charge < -0.3 is 10.5 Å². The minimum absolute atomic E-state index is 0.151. The predicted molar refractivity (Wildman–Crippen MR) is 72.2 cm³/mol. The molecule has 1 saturated heterocycles. The van der Waals surface area contributed by atoms with E-state index < -0.39 is 0 Å². The van der Waals surface area contributed by atoms with E-state index in [1.165, 1.54) is 5.56 Å². The summed E-state index contributed by atoms with van der Waals surface area (Å²) in [4.78, 5) is 6.53. The van der Waals surface area contributed by atoms with E-state index in [9.17, 15) is 0 Å². The molecule has 1 aliphatic rings. The third-order valence-corrected chi connectivity index (χ3v) is 3.59. The summed E-state index contributed by atoms with van der Waals surface area (Å²) in [6, 6.07) is 4.56. The fourth-order valence-corrected chi connectivity index (χ4v) is 2.61. The van der Waals surface area contributed by atoms with Crippen LogP contribution in [0.1, 0.15) is 31.9 Å². The van der Waals surface area contributed by atoms with Gasteiger partial charge in [-0.05, 0) is 31.0 Å². The van der Waals surface area contributed by atoms with Gasteiger partial charge in [-0.15, -0.1) is 0 Å². The summed E-state index contributed by atoms with van der Waals surface area (Å²) < 4.78 is 5.61. The smallest absolute Gasteiger partial charge is 0.0674 e. The molecule has 0 aromatic carbocycles. The van der Waals surface area contributed by atoms with Crippen molar-refractivity contribution in [1.82, 2.24) is 9.88 Å². The summed E-state index contributed by atoms with van der Waals surface area (Å²) in [5, 5.41) is 0. The average molecular weight is 249 g/mol. The van der Waals surface area contributed by atoms with Crippen LogP contribution in [0.25, 0.3) is 0 Å². The first-order valence-corrected chi connectivity index (χ1v) is 6.73. The van der Waals surface area contributed by atoms with Crippen molar-refractivity contribution >= 4 is 0 Å². The Morgan fingerprint density at radius 2 is 2.22 bits per heavy atom. The molecule has 0 bridgehead atoms. The SMILES string of the molecule is CCC(N)C(c1ccncc1)N1CCOC(C)C1. The number of hydrogen-bond acceptors (Lipinski definition) is 4. The number of ether oxygens (including phenoxy) is 1. The molecule has 0 spiro atoms. The van der Waals surface area contributed by atoms with Crippen LogP contribution >= 0.6 is 0 Å². The third-order valence-electron chi connectivity index (χ3n) is 3.59. The van der Waals surface area contributed by atoms with E-state index in [0.29, 0.717) is 0 Å². The number of nitrogens with zero attached hydrogens (tertiary/aromatic N) is 2. The zero-order chi connectivity index (χ0) is 13.0. The Morgan fingerprint density at radius 3 is 2.83 bits per heavy atom. The molecular weight excluding hydrogens is 226 g/mol. The van der Waals surface area contributed by atoms with Crippen LogP contribution in [0.2, 0.25) is 0 Å². The lowest BCUT2D eigenvalue weighted by atomic mass is 9.96. The molecule has 18 heavy (non-hydrogen) atoms. The van der Waals surface area contributed by atoms with Gasteiger partial charge in [-0.3, -0.25) is 9.88 Å². The van der Waals surface area contributed by atoms with Crippen LogP contribution in [0, 0.1) is 0 Å². The standard InChI is InChI=1S/C14H23N3O/c1-3-13(15)14(12-4-6-16-7-5-12)17-8-9-18-11(2)10-17/h4-7,11,13-14H,3,8-10,15H2,1-2H3. The Hall–Kier alpha value is -0.970. The number of aromatic nitrogens is 1. The molecule has 2 heterocycles. The van der Waals surface area contributed by atoms with Gasteiger partial charge in [-0.2, -0.15) is 0 Å². The summed E-state index contributed by atoms with van der Waals surface area (Å²) in [5.74, 6) is 0. The molecule has 0 saturated carbocycles. The van der Waals surface area contributed by atoms with Gasteiger partial charge in [0.15, 0.2) is 0 Å². The second-order valence-corrected chi connectivity index (χ2v) is 4.97. The van der Waals surface area contributed by atoms with Crippen LogP contribution in [0.3, 0.4) is 0 Å². The Morgan fingerprint density at radius 1 is 1.50 bits per heavy atom. The van der Waals surface area contributed by atoms with Crippen molar-refractivity contribution in [3.05, 3.63) is 30.1 Å². The monoisotopic (exact) mass is 249 g/mol. The summed E-state index contributed by atoms with van der Waals surface area (Å²) in [5.41, 5.74) is 7.58. The zero-order valence-electron chi connectivity index (χ0n) is 11.2. The van der Waals surface area contributed by atoms with Crippen LogP contribution in [0.4, 0.5) is 0 Å². The van der Waals surface area contributed by atoms with E-state index in [1.54, 1.807) is 0 Å². The van der Waals surface area contributed by atoms with Crippen LogP contribution in [0.15, 0.2) is 24.5 Å². The quantitative estimate of drug-likeness (QED) is 0.880. The number of nitrogens with two attached hydrogens (primary N) is 1. The highest BCUT2D eigenvalue weighted by Gasteiger charge is 2.29. The normalized spacial score (nSPS) is 24.7. The highest BCUT2D eigenvalue weighted by atomic mass is 16.5. The van der Waals surface area contributed by atoms with E-state index in [4.69, 9.17) is 10.5 Å². The Kier molecular flexibility index (Phi) is 4.69. The van der Waals surface area contributed by atoms with Gasteiger partial charge in [0.1, 0.15) is 0 Å². The summed E-state index contributed by atoms with van der Waals surface area (Å²) in [7, 11) is 0. The minimum Gasteiger partial charge on any atom is -0.376 e. The van der Waals surface area contributed by atoms with E-state index in [-0.39, 0.29) is 18.2 Å². The van der Waals surface area contributed by atoms with Gasteiger partial charge >= 0.3 is 0 Å². The van der Waals surface area contributed by atoms with Gasteiger partial charge in [0.05, 0.1) is 18.8 Å². The second kappa shape index (κ2) is 6.27. The molecule has 0 amide bonds. The van der Waals surface area contributed by atoms with E-state index in [2.05, 4.69) is 35.9 Å². The van der Waals surface area contributed by atoms with Gasteiger partial charge in [0, 0.05) is 31.5 Å². The lowest BCUT2D eigenvalue weighted by Crippen LogP contribution is -2.48. The molecule has 3 atom stereocenters. The molecule has 100 valence electrons. The molecule has 0 aliphatic carbocycles. The molecule has 4 nitrogen and oxygen atoms in total. The van der Waals surface area contributed by atoms with Crippen LogP contribution in [-0.2, 0) is 4.74 Å². The Bertz CT molecular complexity index is 357. The van der Waals surface area contributed by atoms with Gasteiger partial charge in [-0.25, -0.2) is 0 Å². The minimum atomic E-state index is 0.151. The Labute approximate surface area is 109 Å². The lowest BCUT2D eigenvalue weighted by Gasteiger charge is -2.40. The zero-order valence-corrected chi connectivity index (χ0v) is 11.2. The molecule has 2 N–H and O–H groups in total. The molecule has 4 heteroatoms. The molecular formula is C14H23N3O. The van der Waals surface area contributed by atoms with Crippen molar-refractivity contribution in [3.8, 4) is 0 Å². The first-order chi connectivity index (χ1) is 8.72. The third kappa shape index (κ3) is 3.07. The molecule has 1 aromatic heterocycles. The van der Waals surface area contributed by atoms with E-state index in [0.717, 1.165) is 26.1 Å². The molecule has 0 radical (unpaired) electrons. The van der Waals surface area contributed by atoms with Gasteiger partial charge in [0.2, 0.25) is 0 Å². The molecule has 3 unspecified atom stereocenters. The fraction of sp³-hybridized carbons (Fsp3) is 0.643. The highest BCUT2D eigenvalue weighted by molar-refractivity contribution is 5.17. The Balaban J connectivity index is 2.20. The summed E-state index contributed by atoms with van der Waals surface area (Å²) in [6.07, 6.45) is 4.94. The van der Waals surface area contributed by atoms with Crippen LogP contribution in [0.5, 0.6) is 0 Å². The van der Waals surface area contributed by atoms with E-state index >= 15 is 0 Å². The topological polar surface area (TPSA) is 51.4 Å². The second-order valence-electron chi connectivity index (χ2n) is 4.97. The summed E-state index contributed by atoms with van der Waals surface area (Å²) in [6.45, 7) is 6.95. The molecule has 2 rings (SSSR count). The molecule has 1 aliphatic heterocycles. The number of rotatable bonds is 4. The largest absolute Gasteiger partial charge is 0.376 e. The van der Waals surface area contributed by atoms with Crippen molar-refractivity contribution in [2.45, 2.75) is 38.5 Å². The maximum absolute atomic E-state index is 6.32. The van der Waals surface area contributed by atoms with Crippen molar-refractivity contribution in [1.29, 1.82) is 0 Å². The summed E-state index contributed by atoms with van der Waals surface area (Å²) >= 11 is 0. The maximum atomic E-state index is 6.32. The number of hydrogen-bond donors (Lipinski definition) is 1. The number of morpholine rings is 1. The van der Waals surface area contributed by atoms with Crippen LogP contribution in [-0.4, -0.2) is 41.7 Å². The first kappa shape index (κ1) is 13.5. The number of pyridine rings is 1. The molecule has 1 aromatic rings. The van der Waals surface area contributed by atoms with Crippen molar-refractivity contribution in [3.63, 3.8) is 0 Å². The highest BCUT2D eigenvalue weighted by Crippen LogP contribution is 2.26. The predicted octanol–water partition coefficient (Wildman–Crippen LogP) is 1.58. The van der Waals surface area contributed by atoms with Crippen molar-refractivity contribution < 1.29 is 4.74 Å². The van der Waals surface area contributed by atoms with Crippen LogP contribution < -0.4 is 5.73 Å². The average Bonchev–Trinajstić information content (AvgIpc) is 2.40. The van der Waals surface area contributed by atoms with Crippen molar-refractivity contribution in [2.75, 3.05) is 19.7 Å². The first-order valence-electron chi connectivity index (χ1n) is 6.73.